The summed E-state index contributed by atoms with van der Waals surface area (Å²) in [4.78, 5) is 24.4. The Morgan fingerprint density at radius 2 is 0.564 bits per heavy atom. The Hall–Kier alpha value is -1.34. The Balaban J connectivity index is 0.000000296. The predicted molar refractivity (Wildman–Crippen MR) is 528 cm³/mol. The van der Waals surface area contributed by atoms with Gasteiger partial charge >= 0.3 is 0 Å². The molecule has 3 aliphatic heterocycles. The third-order valence-corrected chi connectivity index (χ3v) is 42.9. The van der Waals surface area contributed by atoms with Gasteiger partial charge in [0.15, 0.2) is 0 Å². The first-order valence-corrected chi connectivity index (χ1v) is 57.7. The van der Waals surface area contributed by atoms with Crippen LogP contribution in [0.5, 0.6) is 0 Å². The van der Waals surface area contributed by atoms with E-state index in [0.29, 0.717) is 0 Å². The number of hydrogen-bond donors (Lipinski definition) is 0. The van der Waals surface area contributed by atoms with Crippen molar-refractivity contribution in [3.63, 3.8) is 0 Å². The molecule has 0 N–H and O–H groups in total. The van der Waals surface area contributed by atoms with Crippen LogP contribution in [0.4, 0.5) is 0 Å². The summed E-state index contributed by atoms with van der Waals surface area (Å²) in [5, 5.41) is 8.48. The molecule has 0 bridgehead atoms. The van der Waals surface area contributed by atoms with Crippen LogP contribution in [-0.4, -0.2) is 133 Å². The van der Waals surface area contributed by atoms with Gasteiger partial charge in [0.2, 0.25) is 0 Å². The second-order valence-electron chi connectivity index (χ2n) is 38.1. The topological polar surface area (TPSA) is 52.0 Å². The van der Waals surface area contributed by atoms with Crippen LogP contribution in [-0.2, 0) is 32.7 Å². The standard InChI is InChI=1S/3C19H33N2Si.C19H16P.C14H14P.C9H12P.3CH3.Er.Lu.Y/c3*1-19(2,3)20-22(4,5)18-14-17(21-12-8-9-13-21)15-10-6-7-11-16(15)18;1-16-10-8-9-15-19(16)20(17-11-4-2-5-12-17)18-13-6-3-7-14-18;1-12-8-6-7-11-14(12)15(2)13-9-4-3-5-10-13;1-8-6-4-5-7-9(8)10(2)3;;;;;;/h3*6-7,10-11,15-18H,8-9,12-14H2,1-5H3;2-15H,1H2;3-11H,1H2,2H3;4-7H,1H2,2-3H3;3*1H3;;;/q9*-1;;;/p+3. The third kappa shape index (κ3) is 30.7. The molecule has 13 unspecified atom stereocenters. The minimum Gasteiger partial charge on any atom is -0.660 e. The molecule has 6 nitrogen and oxygen atoms in total. The monoisotopic (exact) mass is 2070 g/mol. The van der Waals surface area contributed by atoms with Crippen LogP contribution in [0.1, 0.15) is 137 Å². The second-order valence-corrected chi connectivity index (χ2v) is 58.3. The van der Waals surface area contributed by atoms with Crippen LogP contribution in [0.2, 0.25) is 55.9 Å². The average Bonchev–Trinajstić information content (AvgIpc) is 1.62. The first-order chi connectivity index (χ1) is 52.7. The Morgan fingerprint density at radius 1 is 0.333 bits per heavy atom. The zero-order chi connectivity index (χ0) is 79.9. The first-order valence-electron chi connectivity index (χ1n) is 42.6. The summed E-state index contributed by atoms with van der Waals surface area (Å²) in [7, 11) is -6.69. The molecule has 6 fully saturated rings. The van der Waals surface area contributed by atoms with Crippen molar-refractivity contribution in [1.29, 1.82) is 0 Å². The van der Waals surface area contributed by atoms with E-state index in [0.717, 1.165) is 81.4 Å². The van der Waals surface area contributed by atoms with E-state index in [2.05, 4.69) is 382 Å². The van der Waals surface area contributed by atoms with Gasteiger partial charge in [0.05, 0.1) is 23.8 Å². The summed E-state index contributed by atoms with van der Waals surface area (Å²) in [6.45, 7) is 62.5. The Kier molecular flexibility index (Phi) is 45.9. The van der Waals surface area contributed by atoms with Crippen LogP contribution in [0.3, 0.4) is 0 Å². The minimum atomic E-state index is -1.59. The number of benzene rings is 6. The smallest absolute Gasteiger partial charge is 0.0908 e. The predicted octanol–water partition coefficient (Wildman–Crippen LogP) is 24.2. The molecule has 0 amide bonds. The molecule has 2 radical (unpaired) electrons. The van der Waals surface area contributed by atoms with Crippen molar-refractivity contribution in [3.05, 3.63) is 311 Å². The summed E-state index contributed by atoms with van der Waals surface area (Å²) in [5.41, 5.74) is 6.19. The van der Waals surface area contributed by atoms with E-state index in [1.165, 1.54) is 134 Å². The van der Waals surface area contributed by atoms with Gasteiger partial charge in [-0.15, -0.1) is 34.8 Å². The van der Waals surface area contributed by atoms with Gasteiger partial charge in [0, 0.05) is 158 Å². The fourth-order valence-corrected chi connectivity index (χ4v) is 38.4. The fourth-order valence-electron chi connectivity index (χ4n) is 20.7. The van der Waals surface area contributed by atoms with E-state index in [9.17, 15) is 0 Å². The molecule has 6 aromatic carbocycles. The maximum atomic E-state index is 5.34. The average molecular weight is 2070 g/mol. The van der Waals surface area contributed by atoms with Crippen LogP contribution < -0.4 is 31.8 Å². The molecule has 0 spiro atoms. The summed E-state index contributed by atoms with van der Waals surface area (Å²) >= 11 is 0. The maximum Gasteiger partial charge on any atom is 0.0908 e. The molecular weight excluding hydrogens is 1920 g/mol. The number of allylic oxidation sites excluding steroid dienone is 9. The van der Waals surface area contributed by atoms with Crippen molar-refractivity contribution in [1.82, 2.24) is 14.7 Å². The van der Waals surface area contributed by atoms with Gasteiger partial charge in [0.25, 0.3) is 0 Å². The molecule has 3 saturated heterocycles. The molecule has 654 valence electrons. The summed E-state index contributed by atoms with van der Waals surface area (Å²) in [6.07, 6.45) is 41.1. The normalized spacial score (nSPS) is 24.6. The molecule has 9 aliphatic rings. The van der Waals surface area contributed by atoms with E-state index in [1.807, 2.05) is 12.1 Å². The summed E-state index contributed by atoms with van der Waals surface area (Å²) in [6, 6.07) is 59.8. The molecule has 6 aromatic rings. The van der Waals surface area contributed by atoms with Crippen molar-refractivity contribution < 1.29 is 107 Å². The number of hydrogen-bond acceptors (Lipinski definition) is 3. The Morgan fingerprint density at radius 3 is 0.812 bits per heavy atom. The van der Waals surface area contributed by atoms with E-state index in [-0.39, 0.29) is 154 Å². The molecule has 13 atom stereocenters. The van der Waals surface area contributed by atoms with E-state index >= 15 is 0 Å². The maximum absolute atomic E-state index is 5.34. The molecule has 117 heavy (non-hydrogen) atoms. The molecule has 3 saturated carbocycles. The van der Waals surface area contributed by atoms with Crippen molar-refractivity contribution >= 4 is 80.3 Å². The SMILES string of the molecule is CC(C)(C)[N-][Si](C)(C)C1CC(N2CCCC2)C2C=CC=CC21.CC(C)(C)[N-][Si](C)(C)C1CC(N2CCCC2)C2C=CC=CC21.CC(C)(C)[N-][Si](C)(C)C1CC(N2CCCC2)C2C=CC=CC21.[CH2-]c1ccccc1[PH+](C)C.[CH2-]c1ccccc1[PH+](C)c1ccccc1.[CH2-]c1ccccc1[PH+](c1ccccc1)c1ccccc1.[CH3-].[CH3-].[CH3-].[Er].[Lu].[Y]. The summed E-state index contributed by atoms with van der Waals surface area (Å²) < 4.78 is 0. The Bertz CT molecular complexity index is 3800. The van der Waals surface area contributed by atoms with Crippen molar-refractivity contribution in [2.45, 2.75) is 211 Å². The minimum absolute atomic E-state index is 0. The quantitative estimate of drug-likeness (QED) is 0.0585. The zero-order valence-corrected chi connectivity index (χ0v) is 88.3. The van der Waals surface area contributed by atoms with Gasteiger partial charge in [0.1, 0.15) is 0 Å². The fraction of sp³-hybridized carbons (Fsp3) is 0.471. The van der Waals surface area contributed by atoms with Crippen LogP contribution in [0.15, 0.2) is 237 Å². The summed E-state index contributed by atoms with van der Waals surface area (Å²) in [5.74, 6) is 4.37. The molecule has 15 heteroatoms. The first kappa shape index (κ1) is 108. The van der Waals surface area contributed by atoms with E-state index < -0.39 is 40.5 Å². The van der Waals surface area contributed by atoms with Crippen LogP contribution in [0.25, 0.3) is 14.9 Å². The van der Waals surface area contributed by atoms with Crippen molar-refractivity contribution in [3.8, 4) is 0 Å². The van der Waals surface area contributed by atoms with Gasteiger partial charge in [-0.1, -0.05) is 307 Å². The molecule has 0 aromatic heterocycles. The van der Waals surface area contributed by atoms with Gasteiger partial charge in [-0.3, -0.25) is 14.7 Å². The number of likely N-dealkylation sites (tertiary alicyclic amines) is 3. The van der Waals surface area contributed by atoms with Crippen LogP contribution >= 0.6 is 23.8 Å². The van der Waals surface area contributed by atoms with Gasteiger partial charge in [-0.2, -0.15) is 55.7 Å². The van der Waals surface area contributed by atoms with Gasteiger partial charge in [-0.25, -0.2) is 0 Å². The van der Waals surface area contributed by atoms with E-state index in [4.69, 9.17) is 14.9 Å². The Labute approximate surface area is 809 Å². The largest absolute Gasteiger partial charge is 0.660 e. The van der Waals surface area contributed by atoms with Crippen molar-refractivity contribution in [2.24, 2.45) is 35.5 Å². The van der Waals surface area contributed by atoms with Crippen molar-refractivity contribution in [2.75, 3.05) is 59.3 Å². The second kappa shape index (κ2) is 49.7. The van der Waals surface area contributed by atoms with E-state index in [1.54, 1.807) is 0 Å². The number of rotatable bonds is 15. The van der Waals surface area contributed by atoms with Gasteiger partial charge in [-0.05, 0) is 187 Å². The third-order valence-electron chi connectivity index (χ3n) is 24.9. The molecule has 15 rings (SSSR count). The van der Waals surface area contributed by atoms with Crippen LogP contribution in [0, 0.1) is 153 Å². The number of fused-ring (bicyclic) bond motifs is 3. The number of nitrogens with zero attached hydrogens (tertiary/aromatic N) is 6. The molecular formula is C102H153ErLuN6P3Si3Y-6. The van der Waals surface area contributed by atoms with Gasteiger partial charge < -0.3 is 37.2 Å². The molecule has 6 aliphatic carbocycles. The zero-order valence-electron chi connectivity index (χ0n) is 76.0. The molecule has 3 heterocycles.